The minimum absolute atomic E-state index is 0.216. The SMILES string of the molecule is CC[C@]12O[C@@H](n3cc(C)c(NC(=O)c4ccccc4)nc3=O)[C@@H](OC13CCCC3)C2O[Si](CC)(CC)CC. The number of nitrogens with zero attached hydrogens (tertiary/aromatic N) is 2. The fourth-order valence-corrected chi connectivity index (χ4v) is 9.86. The molecular weight excluding hydrogens is 498 g/mol. The van der Waals surface area contributed by atoms with E-state index in [0.717, 1.165) is 50.2 Å². The second-order valence-electron chi connectivity index (χ2n) is 11.1. The average Bonchev–Trinajstić information content (AvgIpc) is 3.60. The van der Waals surface area contributed by atoms with E-state index in [0.29, 0.717) is 11.1 Å². The Morgan fingerprint density at radius 2 is 1.76 bits per heavy atom. The highest BCUT2D eigenvalue weighted by Crippen LogP contribution is 2.62. The predicted molar refractivity (Wildman–Crippen MR) is 149 cm³/mol. The molecule has 2 saturated heterocycles. The second kappa shape index (κ2) is 10.3. The summed E-state index contributed by atoms with van der Waals surface area (Å²) in [5.41, 5.74) is -0.248. The topological polar surface area (TPSA) is 91.7 Å². The number of ether oxygens (including phenoxy) is 2. The Morgan fingerprint density at radius 3 is 2.37 bits per heavy atom. The Labute approximate surface area is 226 Å². The minimum atomic E-state index is -1.98. The number of nitrogens with one attached hydrogen (secondary N) is 1. The fourth-order valence-electron chi connectivity index (χ4n) is 7.00. The van der Waals surface area contributed by atoms with E-state index in [4.69, 9.17) is 13.9 Å². The summed E-state index contributed by atoms with van der Waals surface area (Å²) >= 11 is 0. The van der Waals surface area contributed by atoms with E-state index in [1.165, 1.54) is 0 Å². The molecule has 4 atom stereocenters. The Bertz CT molecular complexity index is 1220. The molecule has 1 aromatic heterocycles. The molecule has 5 rings (SSSR count). The molecule has 1 aliphatic carbocycles. The maximum Gasteiger partial charge on any atom is 0.351 e. The summed E-state index contributed by atoms with van der Waals surface area (Å²) in [4.78, 5) is 30.3. The van der Waals surface area contributed by atoms with Crippen molar-refractivity contribution in [3.8, 4) is 0 Å². The monoisotopic (exact) mass is 539 g/mol. The lowest BCUT2D eigenvalue weighted by atomic mass is 9.78. The van der Waals surface area contributed by atoms with E-state index in [9.17, 15) is 9.59 Å². The molecule has 3 aliphatic rings. The molecule has 1 N–H and O–H groups in total. The molecule has 2 bridgehead atoms. The van der Waals surface area contributed by atoms with Crippen molar-refractivity contribution in [3.63, 3.8) is 0 Å². The highest BCUT2D eigenvalue weighted by atomic mass is 28.4. The van der Waals surface area contributed by atoms with Crippen LogP contribution in [-0.4, -0.2) is 47.2 Å². The van der Waals surface area contributed by atoms with Gasteiger partial charge in [0.2, 0.25) is 0 Å². The highest BCUT2D eigenvalue weighted by molar-refractivity contribution is 6.73. The number of aromatic nitrogens is 2. The molecule has 1 spiro atoms. The first-order chi connectivity index (χ1) is 18.3. The largest absolute Gasteiger partial charge is 0.408 e. The zero-order valence-electron chi connectivity index (χ0n) is 23.3. The van der Waals surface area contributed by atoms with Gasteiger partial charge in [-0.1, -0.05) is 58.7 Å². The third-order valence-electron chi connectivity index (χ3n) is 9.43. The molecule has 3 heterocycles. The van der Waals surface area contributed by atoms with Crippen LogP contribution in [0.4, 0.5) is 5.82 Å². The van der Waals surface area contributed by atoms with Gasteiger partial charge in [0.1, 0.15) is 29.2 Å². The minimum Gasteiger partial charge on any atom is -0.408 e. The van der Waals surface area contributed by atoms with Crippen LogP contribution in [-0.2, 0) is 13.9 Å². The smallest absolute Gasteiger partial charge is 0.351 e. The van der Waals surface area contributed by atoms with Crippen molar-refractivity contribution < 1.29 is 18.7 Å². The van der Waals surface area contributed by atoms with Gasteiger partial charge in [0.05, 0.1) is 0 Å². The number of carbonyl (C=O) groups is 1. The van der Waals surface area contributed by atoms with Gasteiger partial charge in [-0.05, 0) is 56.5 Å². The molecule has 2 aliphatic heterocycles. The molecule has 1 amide bonds. The van der Waals surface area contributed by atoms with Crippen molar-refractivity contribution in [3.05, 3.63) is 58.1 Å². The van der Waals surface area contributed by atoms with Gasteiger partial charge in [-0.15, -0.1) is 0 Å². The normalized spacial score (nSPS) is 27.8. The third kappa shape index (κ3) is 4.18. The second-order valence-corrected chi connectivity index (χ2v) is 15.8. The number of hydrogen-bond acceptors (Lipinski definition) is 6. The number of benzene rings is 1. The Morgan fingerprint density at radius 1 is 1.11 bits per heavy atom. The molecule has 206 valence electrons. The van der Waals surface area contributed by atoms with E-state index in [-0.39, 0.29) is 29.5 Å². The molecular formula is C29H41N3O5Si. The van der Waals surface area contributed by atoms with Crippen molar-refractivity contribution in [2.45, 2.75) is 114 Å². The van der Waals surface area contributed by atoms with Crippen molar-refractivity contribution in [2.24, 2.45) is 0 Å². The van der Waals surface area contributed by atoms with Crippen LogP contribution < -0.4 is 11.0 Å². The first kappa shape index (κ1) is 27.2. The van der Waals surface area contributed by atoms with Gasteiger partial charge in [-0.25, -0.2) is 4.79 Å². The summed E-state index contributed by atoms with van der Waals surface area (Å²) in [6, 6.07) is 12.0. The molecule has 2 aromatic rings. The van der Waals surface area contributed by atoms with E-state index >= 15 is 0 Å². The van der Waals surface area contributed by atoms with Gasteiger partial charge in [0, 0.05) is 17.3 Å². The molecule has 8 nitrogen and oxygen atoms in total. The fraction of sp³-hybridized carbons (Fsp3) is 0.621. The predicted octanol–water partition coefficient (Wildman–Crippen LogP) is 5.58. The molecule has 1 saturated carbocycles. The summed E-state index contributed by atoms with van der Waals surface area (Å²) < 4.78 is 22.6. The quantitative estimate of drug-likeness (QED) is 0.418. The average molecular weight is 540 g/mol. The van der Waals surface area contributed by atoms with E-state index < -0.39 is 25.8 Å². The Kier molecular flexibility index (Phi) is 7.41. The number of amides is 1. The summed E-state index contributed by atoms with van der Waals surface area (Å²) in [6.07, 6.45) is 5.42. The number of carbonyl (C=O) groups excluding carboxylic acids is 1. The number of aryl methyl sites for hydroxylation is 1. The summed E-state index contributed by atoms with van der Waals surface area (Å²) in [5, 5.41) is 2.79. The van der Waals surface area contributed by atoms with E-state index in [2.05, 4.69) is 38.0 Å². The number of anilines is 1. The first-order valence-electron chi connectivity index (χ1n) is 14.3. The maximum absolute atomic E-state index is 13.4. The molecule has 1 unspecified atom stereocenters. The molecule has 38 heavy (non-hydrogen) atoms. The van der Waals surface area contributed by atoms with Crippen LogP contribution in [0.15, 0.2) is 41.3 Å². The van der Waals surface area contributed by atoms with Gasteiger partial charge < -0.3 is 19.2 Å². The lowest BCUT2D eigenvalue weighted by Gasteiger charge is -2.46. The van der Waals surface area contributed by atoms with Gasteiger partial charge in [0.15, 0.2) is 14.5 Å². The van der Waals surface area contributed by atoms with Crippen LogP contribution in [0.1, 0.15) is 81.9 Å². The molecule has 0 radical (unpaired) electrons. The Balaban J connectivity index is 1.49. The van der Waals surface area contributed by atoms with Crippen LogP contribution in [0.25, 0.3) is 0 Å². The first-order valence-corrected chi connectivity index (χ1v) is 16.8. The van der Waals surface area contributed by atoms with Crippen molar-refractivity contribution in [2.75, 3.05) is 5.32 Å². The van der Waals surface area contributed by atoms with Crippen molar-refractivity contribution in [1.82, 2.24) is 9.55 Å². The maximum atomic E-state index is 13.4. The molecule has 9 heteroatoms. The van der Waals surface area contributed by atoms with Crippen LogP contribution in [0.2, 0.25) is 18.1 Å². The van der Waals surface area contributed by atoms with Crippen molar-refractivity contribution >= 4 is 20.0 Å². The van der Waals surface area contributed by atoms with Crippen LogP contribution in [0.5, 0.6) is 0 Å². The number of fused-ring (bicyclic) bond motifs is 3. The highest BCUT2D eigenvalue weighted by Gasteiger charge is 2.74. The van der Waals surface area contributed by atoms with Crippen molar-refractivity contribution in [1.29, 1.82) is 0 Å². The summed E-state index contributed by atoms with van der Waals surface area (Å²) in [6.45, 7) is 10.7. The lowest BCUT2D eigenvalue weighted by Crippen LogP contribution is -2.58. The number of rotatable bonds is 9. The molecule has 3 fully saturated rings. The zero-order valence-corrected chi connectivity index (χ0v) is 24.3. The van der Waals surface area contributed by atoms with Gasteiger partial charge in [0.25, 0.3) is 5.91 Å². The van der Waals surface area contributed by atoms with E-state index in [1.54, 1.807) is 35.0 Å². The number of hydrogen-bond donors (Lipinski definition) is 1. The lowest BCUT2D eigenvalue weighted by molar-refractivity contribution is -0.260. The molecule has 1 aromatic carbocycles. The van der Waals surface area contributed by atoms with Gasteiger partial charge >= 0.3 is 5.69 Å². The Hall–Kier alpha value is -2.33. The van der Waals surface area contributed by atoms with E-state index in [1.807, 2.05) is 13.0 Å². The van der Waals surface area contributed by atoms with Crippen LogP contribution in [0.3, 0.4) is 0 Å². The van der Waals surface area contributed by atoms with Crippen LogP contribution in [0, 0.1) is 6.92 Å². The summed E-state index contributed by atoms with van der Waals surface area (Å²) in [7, 11) is -1.98. The zero-order chi connectivity index (χ0) is 27.1. The van der Waals surface area contributed by atoms with Gasteiger partial charge in [-0.3, -0.25) is 9.36 Å². The third-order valence-corrected chi connectivity index (χ3v) is 14.0. The van der Waals surface area contributed by atoms with Gasteiger partial charge in [-0.2, -0.15) is 4.98 Å². The van der Waals surface area contributed by atoms with Crippen LogP contribution >= 0.6 is 0 Å². The standard InChI is InChI=1S/C29H41N3O5Si/c1-6-29-23(37-38(7-2,8-3)9-4)22(35-28(29)17-13-14-18-28)26(36-29)32-19-20(5)24(31-27(32)34)30-25(33)21-15-11-10-12-16-21/h10-12,15-16,19,22-23,26H,6-9,13-14,17-18H2,1-5H3,(H,30,31,33,34)/t22-,23?,26+,29+/m0/s1. The summed E-state index contributed by atoms with van der Waals surface area (Å²) in [5.74, 6) is -0.0525.